The summed E-state index contributed by atoms with van der Waals surface area (Å²) < 4.78 is 5.27. The third kappa shape index (κ3) is 8.52. The molecule has 0 N–H and O–H groups in total. The fraction of sp³-hybridized carbons (Fsp3) is 0.909. The van der Waals surface area contributed by atoms with Crippen molar-refractivity contribution in [2.75, 3.05) is 7.11 Å². The molecule has 3 heteroatoms. The Kier molecular flexibility index (Phi) is 9.42. The van der Waals surface area contributed by atoms with E-state index < -0.39 is 0 Å². The van der Waals surface area contributed by atoms with Gasteiger partial charge in [0.25, 0.3) is 0 Å². The van der Waals surface area contributed by atoms with Gasteiger partial charge in [-0.15, -0.1) is 0 Å². The second-order valence-corrected chi connectivity index (χ2v) is 4.02. The van der Waals surface area contributed by atoms with Crippen LogP contribution < -0.4 is 0 Å². The van der Waals surface area contributed by atoms with Crippen LogP contribution >= 0.6 is 11.6 Å². The van der Waals surface area contributed by atoms with Crippen LogP contribution in [0.3, 0.4) is 0 Å². The van der Waals surface area contributed by atoms with Crippen LogP contribution in [0, 0.1) is 0 Å². The largest absolute Gasteiger partial charge is 0.381 e. The standard InChI is InChI=1S/C11H21ClO2/c1-3-4-5-6-7-10(14-2)8-9-11(12)13/h10H,3-9H2,1-2H3. The van der Waals surface area contributed by atoms with Gasteiger partial charge in [0.15, 0.2) is 0 Å². The lowest BCUT2D eigenvalue weighted by Gasteiger charge is -2.13. The number of halogens is 1. The molecule has 2 nitrogen and oxygen atoms in total. The summed E-state index contributed by atoms with van der Waals surface area (Å²) in [5.74, 6) is 0. The Morgan fingerprint density at radius 2 is 2.00 bits per heavy atom. The SMILES string of the molecule is CCCCCCC(CCC(=O)Cl)OC. The van der Waals surface area contributed by atoms with E-state index in [4.69, 9.17) is 16.3 Å². The Balaban J connectivity index is 3.42. The zero-order valence-corrected chi connectivity index (χ0v) is 9.98. The fourth-order valence-corrected chi connectivity index (χ4v) is 1.56. The molecule has 84 valence electrons. The van der Waals surface area contributed by atoms with Gasteiger partial charge in [-0.25, -0.2) is 0 Å². The van der Waals surface area contributed by atoms with Crippen molar-refractivity contribution in [3.63, 3.8) is 0 Å². The predicted octanol–water partition coefficient (Wildman–Crippen LogP) is 3.52. The summed E-state index contributed by atoms with van der Waals surface area (Å²) in [4.78, 5) is 10.6. The molecule has 0 aromatic heterocycles. The summed E-state index contributed by atoms with van der Waals surface area (Å²) >= 11 is 5.27. The van der Waals surface area contributed by atoms with Crippen LogP contribution in [0.5, 0.6) is 0 Å². The molecule has 1 unspecified atom stereocenters. The smallest absolute Gasteiger partial charge is 0.221 e. The van der Waals surface area contributed by atoms with Crippen molar-refractivity contribution in [3.8, 4) is 0 Å². The van der Waals surface area contributed by atoms with E-state index >= 15 is 0 Å². The molecule has 0 aromatic carbocycles. The minimum atomic E-state index is -0.263. The molecular weight excluding hydrogens is 200 g/mol. The van der Waals surface area contributed by atoms with E-state index in [2.05, 4.69) is 6.92 Å². The van der Waals surface area contributed by atoms with Gasteiger partial charge in [0.05, 0.1) is 6.10 Å². The van der Waals surface area contributed by atoms with Gasteiger partial charge in [0, 0.05) is 13.5 Å². The Hall–Kier alpha value is -0.0800. The summed E-state index contributed by atoms with van der Waals surface area (Å²) in [6.07, 6.45) is 7.39. The van der Waals surface area contributed by atoms with Crippen LogP contribution in [0.1, 0.15) is 51.9 Å². The zero-order valence-electron chi connectivity index (χ0n) is 9.22. The monoisotopic (exact) mass is 220 g/mol. The quantitative estimate of drug-likeness (QED) is 0.439. The van der Waals surface area contributed by atoms with Crippen molar-refractivity contribution >= 4 is 16.8 Å². The number of carbonyl (C=O) groups is 1. The first kappa shape index (κ1) is 13.9. The molecule has 0 saturated heterocycles. The first-order chi connectivity index (χ1) is 6.70. The maximum absolute atomic E-state index is 10.6. The van der Waals surface area contributed by atoms with Crippen molar-refractivity contribution < 1.29 is 9.53 Å². The number of methoxy groups -OCH3 is 1. The van der Waals surface area contributed by atoms with Crippen molar-refractivity contribution in [3.05, 3.63) is 0 Å². The van der Waals surface area contributed by atoms with Crippen LogP contribution in [0.15, 0.2) is 0 Å². The molecule has 0 bridgehead atoms. The van der Waals surface area contributed by atoms with E-state index in [0.717, 1.165) is 12.8 Å². The summed E-state index contributed by atoms with van der Waals surface area (Å²) in [5.41, 5.74) is 0. The van der Waals surface area contributed by atoms with Crippen LogP contribution in [0.25, 0.3) is 0 Å². The number of unbranched alkanes of at least 4 members (excludes halogenated alkanes) is 3. The van der Waals surface area contributed by atoms with Gasteiger partial charge < -0.3 is 4.74 Å². The molecule has 0 aromatic rings. The number of rotatable bonds is 9. The number of ether oxygens (including phenoxy) is 1. The highest BCUT2D eigenvalue weighted by Crippen LogP contribution is 2.12. The van der Waals surface area contributed by atoms with E-state index in [9.17, 15) is 4.79 Å². The van der Waals surface area contributed by atoms with Gasteiger partial charge in [0.2, 0.25) is 5.24 Å². The minimum absolute atomic E-state index is 0.203. The molecular formula is C11H21ClO2. The zero-order chi connectivity index (χ0) is 10.8. The lowest BCUT2D eigenvalue weighted by Crippen LogP contribution is -2.11. The summed E-state index contributed by atoms with van der Waals surface area (Å²) in [7, 11) is 1.70. The summed E-state index contributed by atoms with van der Waals surface area (Å²) in [6, 6.07) is 0. The fourth-order valence-electron chi connectivity index (χ4n) is 1.45. The van der Waals surface area contributed by atoms with E-state index in [1.165, 1.54) is 25.7 Å². The highest BCUT2D eigenvalue weighted by atomic mass is 35.5. The van der Waals surface area contributed by atoms with E-state index in [-0.39, 0.29) is 11.3 Å². The molecule has 0 amide bonds. The molecule has 0 rings (SSSR count). The first-order valence-electron chi connectivity index (χ1n) is 5.41. The highest BCUT2D eigenvalue weighted by molar-refractivity contribution is 6.63. The normalized spacial score (nSPS) is 12.8. The molecule has 0 aliphatic carbocycles. The third-order valence-electron chi connectivity index (χ3n) is 2.38. The van der Waals surface area contributed by atoms with E-state index in [1.54, 1.807) is 7.11 Å². The lowest BCUT2D eigenvalue weighted by molar-refractivity contribution is -0.112. The van der Waals surface area contributed by atoms with Crippen LogP contribution in [0.2, 0.25) is 0 Å². The summed E-state index contributed by atoms with van der Waals surface area (Å²) in [6.45, 7) is 2.19. The van der Waals surface area contributed by atoms with Gasteiger partial charge in [-0.1, -0.05) is 32.6 Å². The maximum Gasteiger partial charge on any atom is 0.221 e. The molecule has 1 atom stereocenters. The van der Waals surface area contributed by atoms with Crippen molar-refractivity contribution in [2.45, 2.75) is 58.0 Å². The van der Waals surface area contributed by atoms with Gasteiger partial charge in [-0.2, -0.15) is 0 Å². The van der Waals surface area contributed by atoms with Gasteiger partial charge in [-0.3, -0.25) is 4.79 Å². The topological polar surface area (TPSA) is 26.3 Å². The maximum atomic E-state index is 10.6. The molecule has 0 fully saturated rings. The second-order valence-electron chi connectivity index (χ2n) is 3.60. The predicted molar refractivity (Wildman–Crippen MR) is 59.7 cm³/mol. The van der Waals surface area contributed by atoms with Crippen molar-refractivity contribution in [2.24, 2.45) is 0 Å². The molecule has 14 heavy (non-hydrogen) atoms. The first-order valence-corrected chi connectivity index (χ1v) is 5.79. The number of carbonyl (C=O) groups excluding carboxylic acids is 1. The van der Waals surface area contributed by atoms with E-state index in [1.807, 2.05) is 0 Å². The average Bonchev–Trinajstić information content (AvgIpc) is 2.16. The average molecular weight is 221 g/mol. The molecule has 0 aliphatic rings. The molecule has 0 radical (unpaired) electrons. The van der Waals surface area contributed by atoms with Gasteiger partial charge in [-0.05, 0) is 24.4 Å². The second kappa shape index (κ2) is 9.47. The third-order valence-corrected chi connectivity index (χ3v) is 2.56. The number of hydrogen-bond acceptors (Lipinski definition) is 2. The Bertz CT molecular complexity index is 148. The van der Waals surface area contributed by atoms with Crippen LogP contribution in [0.4, 0.5) is 0 Å². The van der Waals surface area contributed by atoms with Crippen LogP contribution in [-0.4, -0.2) is 18.5 Å². The Labute approximate surface area is 92.0 Å². The van der Waals surface area contributed by atoms with Crippen molar-refractivity contribution in [1.82, 2.24) is 0 Å². The van der Waals surface area contributed by atoms with Gasteiger partial charge in [0.1, 0.15) is 0 Å². The highest BCUT2D eigenvalue weighted by Gasteiger charge is 2.08. The van der Waals surface area contributed by atoms with Crippen LogP contribution in [-0.2, 0) is 9.53 Å². The lowest BCUT2D eigenvalue weighted by atomic mass is 10.1. The molecule has 0 spiro atoms. The molecule has 0 saturated carbocycles. The molecule has 0 heterocycles. The Morgan fingerprint density at radius 1 is 1.29 bits per heavy atom. The minimum Gasteiger partial charge on any atom is -0.381 e. The molecule has 0 aliphatic heterocycles. The van der Waals surface area contributed by atoms with Gasteiger partial charge >= 0.3 is 0 Å². The Morgan fingerprint density at radius 3 is 2.50 bits per heavy atom. The number of hydrogen-bond donors (Lipinski definition) is 0. The summed E-state index contributed by atoms with van der Waals surface area (Å²) in [5, 5.41) is -0.263. The van der Waals surface area contributed by atoms with E-state index in [0.29, 0.717) is 6.42 Å². The van der Waals surface area contributed by atoms with Crippen molar-refractivity contribution in [1.29, 1.82) is 0 Å².